The lowest BCUT2D eigenvalue weighted by molar-refractivity contribution is -0.119. The average molecular weight is 327 g/mol. The molecule has 0 bridgehead atoms. The van der Waals surface area contributed by atoms with Crippen LogP contribution in [-0.2, 0) is 16.1 Å². The smallest absolute Gasteiger partial charge is 0.239 e. The zero-order valence-corrected chi connectivity index (χ0v) is 13.8. The Balaban J connectivity index is 1.79. The van der Waals surface area contributed by atoms with Gasteiger partial charge in [0.1, 0.15) is 5.75 Å². The number of ether oxygens (including phenoxy) is 1. The Morgan fingerprint density at radius 3 is 2.42 bits per heavy atom. The van der Waals surface area contributed by atoms with E-state index in [2.05, 4.69) is 16.0 Å². The third-order valence-electron chi connectivity index (χ3n) is 3.28. The summed E-state index contributed by atoms with van der Waals surface area (Å²) in [5, 5.41) is 8.57. The molecular formula is C18H21N3O3. The molecule has 24 heavy (non-hydrogen) atoms. The summed E-state index contributed by atoms with van der Waals surface area (Å²) in [5.74, 6) is 0.533. The maximum absolute atomic E-state index is 11.9. The van der Waals surface area contributed by atoms with Gasteiger partial charge >= 0.3 is 0 Å². The van der Waals surface area contributed by atoms with Crippen LogP contribution in [0.1, 0.15) is 12.5 Å². The van der Waals surface area contributed by atoms with Gasteiger partial charge in [0.05, 0.1) is 13.7 Å². The van der Waals surface area contributed by atoms with Crippen LogP contribution < -0.4 is 20.7 Å². The van der Waals surface area contributed by atoms with Crippen LogP contribution in [0.15, 0.2) is 48.5 Å². The van der Waals surface area contributed by atoms with Crippen molar-refractivity contribution in [1.82, 2.24) is 5.32 Å². The lowest BCUT2D eigenvalue weighted by atomic mass is 10.2. The third kappa shape index (κ3) is 5.64. The van der Waals surface area contributed by atoms with Crippen molar-refractivity contribution in [3.05, 3.63) is 54.1 Å². The normalized spacial score (nSPS) is 9.92. The Labute approximate surface area is 141 Å². The Kier molecular flexibility index (Phi) is 6.19. The summed E-state index contributed by atoms with van der Waals surface area (Å²) in [4.78, 5) is 23.0. The van der Waals surface area contributed by atoms with Crippen molar-refractivity contribution in [2.45, 2.75) is 13.5 Å². The summed E-state index contributed by atoms with van der Waals surface area (Å²) in [6.45, 7) is 2.06. The molecule has 0 radical (unpaired) electrons. The minimum absolute atomic E-state index is 0.115. The summed E-state index contributed by atoms with van der Waals surface area (Å²) in [5.41, 5.74) is 2.45. The number of benzene rings is 2. The molecule has 0 saturated carbocycles. The summed E-state index contributed by atoms with van der Waals surface area (Å²) in [7, 11) is 1.61. The molecule has 126 valence electrons. The fourth-order valence-corrected chi connectivity index (χ4v) is 2.10. The van der Waals surface area contributed by atoms with Crippen LogP contribution in [0.5, 0.6) is 5.75 Å². The lowest BCUT2D eigenvalue weighted by Crippen LogP contribution is -2.29. The Morgan fingerprint density at radius 2 is 1.75 bits per heavy atom. The topological polar surface area (TPSA) is 79.5 Å². The van der Waals surface area contributed by atoms with Crippen molar-refractivity contribution in [2.75, 3.05) is 24.3 Å². The average Bonchev–Trinajstić information content (AvgIpc) is 2.58. The first kappa shape index (κ1) is 17.3. The van der Waals surface area contributed by atoms with Crippen LogP contribution >= 0.6 is 0 Å². The predicted octanol–water partition coefficient (Wildman–Crippen LogP) is 2.38. The van der Waals surface area contributed by atoms with Crippen LogP contribution in [0.3, 0.4) is 0 Å². The van der Waals surface area contributed by atoms with Crippen LogP contribution in [0, 0.1) is 0 Å². The van der Waals surface area contributed by atoms with Gasteiger partial charge in [0.25, 0.3) is 0 Å². The van der Waals surface area contributed by atoms with Crippen molar-refractivity contribution < 1.29 is 14.3 Å². The van der Waals surface area contributed by atoms with Crippen LogP contribution in [0.4, 0.5) is 11.4 Å². The fourth-order valence-electron chi connectivity index (χ4n) is 2.10. The number of hydrogen-bond donors (Lipinski definition) is 3. The molecule has 3 N–H and O–H groups in total. The largest absolute Gasteiger partial charge is 0.497 e. The van der Waals surface area contributed by atoms with Gasteiger partial charge in [0, 0.05) is 24.8 Å². The number of carbonyl (C=O) groups is 2. The Morgan fingerprint density at radius 1 is 1.04 bits per heavy atom. The zero-order valence-electron chi connectivity index (χ0n) is 13.8. The number of amides is 2. The van der Waals surface area contributed by atoms with Crippen molar-refractivity contribution >= 4 is 23.2 Å². The van der Waals surface area contributed by atoms with Gasteiger partial charge in [-0.25, -0.2) is 0 Å². The molecule has 0 heterocycles. The molecule has 2 rings (SSSR count). The molecular weight excluding hydrogens is 306 g/mol. The minimum Gasteiger partial charge on any atom is -0.497 e. The molecule has 6 nitrogen and oxygen atoms in total. The van der Waals surface area contributed by atoms with Crippen molar-refractivity contribution in [3.63, 3.8) is 0 Å². The molecule has 2 aromatic rings. The predicted molar refractivity (Wildman–Crippen MR) is 94.1 cm³/mol. The molecule has 2 aromatic carbocycles. The Hall–Kier alpha value is -3.02. The van der Waals surface area contributed by atoms with Crippen LogP contribution in [-0.4, -0.2) is 25.5 Å². The number of nitrogens with one attached hydrogen (secondary N) is 3. The van der Waals surface area contributed by atoms with E-state index in [0.29, 0.717) is 12.2 Å². The highest BCUT2D eigenvalue weighted by Crippen LogP contribution is 2.14. The van der Waals surface area contributed by atoms with E-state index in [1.54, 1.807) is 19.2 Å². The lowest BCUT2D eigenvalue weighted by Gasteiger charge is -2.10. The first-order valence-corrected chi connectivity index (χ1v) is 7.58. The molecule has 0 spiro atoms. The molecule has 0 aromatic heterocycles. The first-order chi connectivity index (χ1) is 11.6. The number of methoxy groups -OCH3 is 1. The van der Waals surface area contributed by atoms with Crippen LogP contribution in [0.2, 0.25) is 0 Å². The Bertz CT molecular complexity index is 699. The van der Waals surface area contributed by atoms with Gasteiger partial charge in [-0.05, 0) is 35.9 Å². The standard InChI is InChI=1S/C18H21N3O3/c1-13(22)21-16-5-3-4-15(10-16)19-12-18(23)20-11-14-6-8-17(24-2)9-7-14/h3-10,19H,11-12H2,1-2H3,(H,20,23)(H,21,22). The van der Waals surface area contributed by atoms with Gasteiger partial charge in [-0.1, -0.05) is 18.2 Å². The summed E-state index contributed by atoms with van der Waals surface area (Å²) < 4.78 is 5.09. The minimum atomic E-state index is -0.135. The molecule has 0 aliphatic rings. The molecule has 0 atom stereocenters. The van der Waals surface area contributed by atoms with Gasteiger partial charge < -0.3 is 20.7 Å². The van der Waals surface area contributed by atoms with E-state index >= 15 is 0 Å². The maximum atomic E-state index is 11.9. The summed E-state index contributed by atoms with van der Waals surface area (Å²) in [6, 6.07) is 14.7. The van der Waals surface area contributed by atoms with Gasteiger partial charge in [-0.2, -0.15) is 0 Å². The van der Waals surface area contributed by atoms with E-state index in [1.165, 1.54) is 6.92 Å². The quantitative estimate of drug-likeness (QED) is 0.729. The van der Waals surface area contributed by atoms with Gasteiger partial charge in [0.15, 0.2) is 0 Å². The second-order valence-corrected chi connectivity index (χ2v) is 5.24. The molecule has 0 fully saturated rings. The highest BCUT2D eigenvalue weighted by molar-refractivity contribution is 5.89. The van der Waals surface area contributed by atoms with Crippen molar-refractivity contribution in [3.8, 4) is 5.75 Å². The first-order valence-electron chi connectivity index (χ1n) is 7.58. The van der Waals surface area contributed by atoms with E-state index < -0.39 is 0 Å². The molecule has 0 unspecified atom stereocenters. The highest BCUT2D eigenvalue weighted by Gasteiger charge is 2.03. The van der Waals surface area contributed by atoms with Crippen LogP contribution in [0.25, 0.3) is 0 Å². The monoisotopic (exact) mass is 327 g/mol. The summed E-state index contributed by atoms with van der Waals surface area (Å²) in [6.07, 6.45) is 0. The van der Waals surface area contributed by atoms with Gasteiger partial charge in [0.2, 0.25) is 11.8 Å². The van der Waals surface area contributed by atoms with E-state index in [0.717, 1.165) is 17.0 Å². The third-order valence-corrected chi connectivity index (χ3v) is 3.28. The molecule has 0 aliphatic heterocycles. The molecule has 6 heteroatoms. The molecule has 2 amide bonds. The van der Waals surface area contributed by atoms with E-state index in [1.807, 2.05) is 36.4 Å². The van der Waals surface area contributed by atoms with Crippen molar-refractivity contribution in [2.24, 2.45) is 0 Å². The molecule has 0 aliphatic carbocycles. The van der Waals surface area contributed by atoms with E-state index in [9.17, 15) is 9.59 Å². The fraction of sp³-hybridized carbons (Fsp3) is 0.222. The number of hydrogen-bond acceptors (Lipinski definition) is 4. The SMILES string of the molecule is COc1ccc(CNC(=O)CNc2cccc(NC(C)=O)c2)cc1. The highest BCUT2D eigenvalue weighted by atomic mass is 16.5. The van der Waals surface area contributed by atoms with E-state index in [4.69, 9.17) is 4.74 Å². The number of rotatable bonds is 7. The number of anilines is 2. The maximum Gasteiger partial charge on any atom is 0.239 e. The molecule has 0 saturated heterocycles. The second kappa shape index (κ2) is 8.57. The van der Waals surface area contributed by atoms with Gasteiger partial charge in [-0.15, -0.1) is 0 Å². The summed E-state index contributed by atoms with van der Waals surface area (Å²) >= 11 is 0. The number of carbonyl (C=O) groups excluding carboxylic acids is 2. The van der Waals surface area contributed by atoms with Crippen molar-refractivity contribution in [1.29, 1.82) is 0 Å². The van der Waals surface area contributed by atoms with E-state index in [-0.39, 0.29) is 18.4 Å². The second-order valence-electron chi connectivity index (χ2n) is 5.24. The zero-order chi connectivity index (χ0) is 17.4. The van der Waals surface area contributed by atoms with Gasteiger partial charge in [-0.3, -0.25) is 9.59 Å².